The van der Waals surface area contributed by atoms with Gasteiger partial charge in [0.15, 0.2) is 0 Å². The highest BCUT2D eigenvalue weighted by Crippen LogP contribution is 2.24. The van der Waals surface area contributed by atoms with Crippen molar-refractivity contribution in [3.05, 3.63) is 23.7 Å². The third-order valence-electron chi connectivity index (χ3n) is 2.93. The molecule has 1 fully saturated rings. The van der Waals surface area contributed by atoms with E-state index < -0.39 is 0 Å². The van der Waals surface area contributed by atoms with Crippen LogP contribution in [0.4, 0.5) is 0 Å². The fraction of sp³-hybridized carbons (Fsp3) is 0.667. The van der Waals surface area contributed by atoms with Gasteiger partial charge in [-0.2, -0.15) is 0 Å². The van der Waals surface area contributed by atoms with Crippen LogP contribution in [0.2, 0.25) is 0 Å². The van der Waals surface area contributed by atoms with E-state index in [2.05, 4.69) is 24.4 Å². The predicted octanol–water partition coefficient (Wildman–Crippen LogP) is 3.05. The molecule has 2 heterocycles. The van der Waals surface area contributed by atoms with Crippen molar-refractivity contribution in [1.82, 2.24) is 5.32 Å². The van der Waals surface area contributed by atoms with Gasteiger partial charge in [-0.25, -0.2) is 0 Å². The summed E-state index contributed by atoms with van der Waals surface area (Å²) in [5.74, 6) is 2.23. The van der Waals surface area contributed by atoms with Crippen molar-refractivity contribution in [3.8, 4) is 0 Å². The lowest BCUT2D eigenvalue weighted by Crippen LogP contribution is -2.19. The molecule has 1 atom stereocenters. The SMILES string of the molecule is CCc1ccc([C@@H]2CCCCCN2)o1. The molecule has 1 aromatic heterocycles. The van der Waals surface area contributed by atoms with Crippen molar-refractivity contribution in [2.75, 3.05) is 6.54 Å². The van der Waals surface area contributed by atoms with Gasteiger partial charge >= 0.3 is 0 Å². The maximum absolute atomic E-state index is 5.77. The molecule has 0 bridgehead atoms. The highest BCUT2D eigenvalue weighted by molar-refractivity contribution is 5.11. The molecular weight excluding hydrogens is 174 g/mol. The zero-order valence-electron chi connectivity index (χ0n) is 8.88. The molecule has 1 saturated heterocycles. The largest absolute Gasteiger partial charge is 0.464 e. The Morgan fingerprint density at radius 3 is 3.07 bits per heavy atom. The Hall–Kier alpha value is -0.760. The third kappa shape index (κ3) is 2.18. The summed E-state index contributed by atoms with van der Waals surface area (Å²) < 4.78 is 5.77. The molecular formula is C12H19NO. The van der Waals surface area contributed by atoms with Gasteiger partial charge in [-0.05, 0) is 31.5 Å². The average Bonchev–Trinajstić information content (AvgIpc) is 2.53. The monoisotopic (exact) mass is 193 g/mol. The van der Waals surface area contributed by atoms with Crippen LogP contribution in [0.15, 0.2) is 16.5 Å². The van der Waals surface area contributed by atoms with Crippen LogP contribution in [-0.2, 0) is 6.42 Å². The Morgan fingerprint density at radius 2 is 2.29 bits per heavy atom. The Labute approximate surface area is 85.7 Å². The van der Waals surface area contributed by atoms with Gasteiger partial charge in [-0.3, -0.25) is 0 Å². The van der Waals surface area contributed by atoms with Crippen molar-refractivity contribution in [2.45, 2.75) is 45.1 Å². The van der Waals surface area contributed by atoms with Crippen LogP contribution in [0.1, 0.15) is 50.2 Å². The third-order valence-corrected chi connectivity index (χ3v) is 2.93. The normalized spacial score (nSPS) is 23.4. The number of furan rings is 1. The van der Waals surface area contributed by atoms with E-state index in [1.165, 1.54) is 25.7 Å². The minimum atomic E-state index is 0.456. The first kappa shape index (κ1) is 9.78. The lowest BCUT2D eigenvalue weighted by Gasteiger charge is -2.12. The van der Waals surface area contributed by atoms with E-state index in [-0.39, 0.29) is 0 Å². The average molecular weight is 193 g/mol. The molecule has 2 heteroatoms. The van der Waals surface area contributed by atoms with Crippen LogP contribution >= 0.6 is 0 Å². The lowest BCUT2D eigenvalue weighted by molar-refractivity contribution is 0.390. The highest BCUT2D eigenvalue weighted by atomic mass is 16.3. The van der Waals surface area contributed by atoms with Gasteiger partial charge < -0.3 is 9.73 Å². The Balaban J connectivity index is 2.04. The minimum Gasteiger partial charge on any atom is -0.464 e. The van der Waals surface area contributed by atoms with Gasteiger partial charge in [0.25, 0.3) is 0 Å². The Bertz CT molecular complexity index is 272. The molecule has 0 aliphatic carbocycles. The van der Waals surface area contributed by atoms with Crippen molar-refractivity contribution < 1.29 is 4.42 Å². The fourth-order valence-electron chi connectivity index (χ4n) is 2.04. The lowest BCUT2D eigenvalue weighted by atomic mass is 10.1. The van der Waals surface area contributed by atoms with Gasteiger partial charge in [0.1, 0.15) is 11.5 Å². The summed E-state index contributed by atoms with van der Waals surface area (Å²) in [4.78, 5) is 0. The molecule has 0 radical (unpaired) electrons. The first-order valence-corrected chi connectivity index (χ1v) is 5.72. The molecule has 0 saturated carbocycles. The number of aryl methyl sites for hydroxylation is 1. The molecule has 14 heavy (non-hydrogen) atoms. The maximum Gasteiger partial charge on any atom is 0.121 e. The summed E-state index contributed by atoms with van der Waals surface area (Å²) >= 11 is 0. The summed E-state index contributed by atoms with van der Waals surface area (Å²) in [6, 6.07) is 4.68. The van der Waals surface area contributed by atoms with Crippen molar-refractivity contribution in [3.63, 3.8) is 0 Å². The topological polar surface area (TPSA) is 25.2 Å². The van der Waals surface area contributed by atoms with Gasteiger partial charge in [-0.1, -0.05) is 19.8 Å². The summed E-state index contributed by atoms with van der Waals surface area (Å²) in [5, 5.41) is 3.54. The van der Waals surface area contributed by atoms with E-state index >= 15 is 0 Å². The molecule has 1 aromatic rings. The second-order valence-corrected chi connectivity index (χ2v) is 4.01. The van der Waals surface area contributed by atoms with Crippen LogP contribution < -0.4 is 5.32 Å². The fourth-order valence-corrected chi connectivity index (χ4v) is 2.04. The molecule has 0 aromatic carbocycles. The Kier molecular flexibility index (Phi) is 3.25. The second-order valence-electron chi connectivity index (χ2n) is 4.01. The van der Waals surface area contributed by atoms with Gasteiger partial charge in [-0.15, -0.1) is 0 Å². The van der Waals surface area contributed by atoms with Crippen molar-refractivity contribution in [1.29, 1.82) is 0 Å². The molecule has 2 nitrogen and oxygen atoms in total. The van der Waals surface area contributed by atoms with E-state index in [1.807, 2.05) is 0 Å². The summed E-state index contributed by atoms with van der Waals surface area (Å²) in [6.07, 6.45) is 6.19. The van der Waals surface area contributed by atoms with Crippen LogP contribution in [0, 0.1) is 0 Å². The summed E-state index contributed by atoms with van der Waals surface area (Å²) in [7, 11) is 0. The second kappa shape index (κ2) is 4.65. The van der Waals surface area contributed by atoms with Gasteiger partial charge in [0.05, 0.1) is 6.04 Å². The predicted molar refractivity (Wildman–Crippen MR) is 57.3 cm³/mol. The van der Waals surface area contributed by atoms with E-state index in [9.17, 15) is 0 Å². The van der Waals surface area contributed by atoms with Gasteiger partial charge in [0.2, 0.25) is 0 Å². The first-order valence-electron chi connectivity index (χ1n) is 5.72. The molecule has 1 aliphatic heterocycles. The zero-order valence-corrected chi connectivity index (χ0v) is 8.88. The quantitative estimate of drug-likeness (QED) is 0.781. The van der Waals surface area contributed by atoms with E-state index in [0.717, 1.165) is 24.5 Å². The minimum absolute atomic E-state index is 0.456. The van der Waals surface area contributed by atoms with E-state index in [1.54, 1.807) is 0 Å². The summed E-state index contributed by atoms with van der Waals surface area (Å²) in [5.41, 5.74) is 0. The number of hydrogen-bond acceptors (Lipinski definition) is 2. The number of rotatable bonds is 2. The van der Waals surface area contributed by atoms with Crippen LogP contribution in [-0.4, -0.2) is 6.54 Å². The first-order chi connectivity index (χ1) is 6.90. The zero-order chi connectivity index (χ0) is 9.80. The van der Waals surface area contributed by atoms with Crippen molar-refractivity contribution >= 4 is 0 Å². The molecule has 1 N–H and O–H groups in total. The molecule has 0 spiro atoms. The summed E-state index contributed by atoms with van der Waals surface area (Å²) in [6.45, 7) is 3.26. The van der Waals surface area contributed by atoms with Crippen LogP contribution in [0.25, 0.3) is 0 Å². The number of nitrogens with one attached hydrogen (secondary N) is 1. The van der Waals surface area contributed by atoms with Crippen LogP contribution in [0.5, 0.6) is 0 Å². The van der Waals surface area contributed by atoms with Crippen molar-refractivity contribution in [2.24, 2.45) is 0 Å². The molecule has 1 aliphatic rings. The highest BCUT2D eigenvalue weighted by Gasteiger charge is 2.16. The smallest absolute Gasteiger partial charge is 0.121 e. The Morgan fingerprint density at radius 1 is 1.36 bits per heavy atom. The maximum atomic E-state index is 5.77. The van der Waals surface area contributed by atoms with Crippen LogP contribution in [0.3, 0.4) is 0 Å². The molecule has 0 unspecified atom stereocenters. The standard InChI is InChI=1S/C12H19NO/c1-2-10-7-8-12(14-10)11-6-4-3-5-9-13-11/h7-8,11,13H,2-6,9H2,1H3/t11-/m0/s1. The van der Waals surface area contributed by atoms with E-state index in [4.69, 9.17) is 4.42 Å². The molecule has 2 rings (SSSR count). The van der Waals surface area contributed by atoms with E-state index in [0.29, 0.717) is 6.04 Å². The number of hydrogen-bond donors (Lipinski definition) is 1. The molecule has 78 valence electrons. The molecule has 0 amide bonds. The van der Waals surface area contributed by atoms with Gasteiger partial charge in [0, 0.05) is 6.42 Å².